The van der Waals surface area contributed by atoms with Crippen molar-refractivity contribution < 1.29 is 23.9 Å². The van der Waals surface area contributed by atoms with Gasteiger partial charge in [-0.2, -0.15) is 0 Å². The summed E-state index contributed by atoms with van der Waals surface area (Å²) in [4.78, 5) is 36.3. The SMILES string of the molecule is CC(=O)c1ccccc1NC(=O)COC(=O)c1ccccc1Oc1ccccc1. The minimum atomic E-state index is -0.688. The molecule has 0 atom stereocenters. The van der Waals surface area contributed by atoms with Gasteiger partial charge in [0.15, 0.2) is 12.4 Å². The lowest BCUT2D eigenvalue weighted by molar-refractivity contribution is -0.119. The van der Waals surface area contributed by atoms with Crippen LogP contribution in [0.2, 0.25) is 0 Å². The van der Waals surface area contributed by atoms with Gasteiger partial charge in [0, 0.05) is 5.56 Å². The Balaban J connectivity index is 1.64. The van der Waals surface area contributed by atoms with E-state index in [4.69, 9.17) is 9.47 Å². The number of para-hydroxylation sites is 3. The Hall–Kier alpha value is -3.93. The van der Waals surface area contributed by atoms with Crippen molar-refractivity contribution in [3.8, 4) is 11.5 Å². The molecule has 1 amide bonds. The monoisotopic (exact) mass is 389 g/mol. The average Bonchev–Trinajstić information content (AvgIpc) is 2.73. The summed E-state index contributed by atoms with van der Waals surface area (Å²) in [6.07, 6.45) is 0. The number of carbonyl (C=O) groups excluding carboxylic acids is 3. The summed E-state index contributed by atoms with van der Waals surface area (Å²) in [5.74, 6) is -0.512. The molecule has 6 nitrogen and oxygen atoms in total. The third-order valence-corrected chi connectivity index (χ3v) is 3.99. The van der Waals surface area contributed by atoms with Crippen molar-refractivity contribution in [2.24, 2.45) is 0 Å². The molecule has 146 valence electrons. The first-order valence-corrected chi connectivity index (χ1v) is 8.93. The van der Waals surface area contributed by atoms with E-state index < -0.39 is 18.5 Å². The lowest BCUT2D eigenvalue weighted by Gasteiger charge is -2.12. The zero-order chi connectivity index (χ0) is 20.6. The predicted octanol–water partition coefficient (Wildman–Crippen LogP) is 4.48. The highest BCUT2D eigenvalue weighted by atomic mass is 16.5. The molecular formula is C23H19NO5. The van der Waals surface area contributed by atoms with Crippen molar-refractivity contribution in [2.45, 2.75) is 6.92 Å². The van der Waals surface area contributed by atoms with E-state index >= 15 is 0 Å². The van der Waals surface area contributed by atoms with Crippen LogP contribution in [0.5, 0.6) is 11.5 Å². The molecule has 0 heterocycles. The van der Waals surface area contributed by atoms with Crippen molar-refractivity contribution in [3.63, 3.8) is 0 Å². The second-order valence-electron chi connectivity index (χ2n) is 6.14. The standard InChI is InChI=1S/C23H19NO5/c1-16(25)18-11-5-7-13-20(18)24-22(26)15-28-23(27)19-12-6-8-14-21(19)29-17-9-3-2-4-10-17/h2-14H,15H2,1H3,(H,24,26). The molecule has 0 aromatic heterocycles. The first-order valence-electron chi connectivity index (χ1n) is 8.93. The van der Waals surface area contributed by atoms with Gasteiger partial charge in [-0.3, -0.25) is 9.59 Å². The number of nitrogens with one attached hydrogen (secondary N) is 1. The fourth-order valence-corrected chi connectivity index (χ4v) is 2.63. The van der Waals surface area contributed by atoms with Crippen LogP contribution in [-0.4, -0.2) is 24.3 Å². The number of esters is 1. The Kier molecular flexibility index (Phi) is 6.37. The minimum Gasteiger partial charge on any atom is -0.456 e. The van der Waals surface area contributed by atoms with Crippen molar-refractivity contribution >= 4 is 23.3 Å². The van der Waals surface area contributed by atoms with E-state index in [1.807, 2.05) is 18.2 Å². The molecule has 0 spiro atoms. The highest BCUT2D eigenvalue weighted by Gasteiger charge is 2.17. The van der Waals surface area contributed by atoms with Gasteiger partial charge in [-0.1, -0.05) is 42.5 Å². The van der Waals surface area contributed by atoms with Crippen LogP contribution in [0.15, 0.2) is 78.9 Å². The lowest BCUT2D eigenvalue weighted by atomic mass is 10.1. The summed E-state index contributed by atoms with van der Waals surface area (Å²) < 4.78 is 10.9. The first-order chi connectivity index (χ1) is 14.0. The van der Waals surface area contributed by atoms with E-state index in [1.54, 1.807) is 60.7 Å². The molecule has 6 heteroatoms. The molecule has 29 heavy (non-hydrogen) atoms. The molecular weight excluding hydrogens is 370 g/mol. The number of rotatable bonds is 7. The van der Waals surface area contributed by atoms with Crippen LogP contribution in [0, 0.1) is 0 Å². The molecule has 0 aliphatic heterocycles. The lowest BCUT2D eigenvalue weighted by Crippen LogP contribution is -2.22. The Morgan fingerprint density at radius 3 is 2.14 bits per heavy atom. The van der Waals surface area contributed by atoms with Gasteiger partial charge in [-0.05, 0) is 43.3 Å². The number of amides is 1. The molecule has 0 aliphatic carbocycles. The number of anilines is 1. The number of ketones is 1. The maximum Gasteiger partial charge on any atom is 0.342 e. The molecule has 0 unspecified atom stereocenters. The zero-order valence-electron chi connectivity index (χ0n) is 15.8. The fraction of sp³-hybridized carbons (Fsp3) is 0.0870. The van der Waals surface area contributed by atoms with Gasteiger partial charge in [-0.25, -0.2) is 4.79 Å². The number of benzene rings is 3. The molecule has 0 aliphatic rings. The smallest absolute Gasteiger partial charge is 0.342 e. The van der Waals surface area contributed by atoms with E-state index in [1.165, 1.54) is 6.92 Å². The van der Waals surface area contributed by atoms with E-state index in [9.17, 15) is 14.4 Å². The maximum atomic E-state index is 12.5. The normalized spacial score (nSPS) is 10.1. The molecule has 0 radical (unpaired) electrons. The van der Waals surface area contributed by atoms with E-state index in [0.29, 0.717) is 22.7 Å². The van der Waals surface area contributed by atoms with Crippen molar-refractivity contribution in [1.82, 2.24) is 0 Å². The quantitative estimate of drug-likeness (QED) is 0.476. The summed E-state index contributed by atoms with van der Waals surface area (Å²) in [6.45, 7) is 0.916. The second-order valence-corrected chi connectivity index (χ2v) is 6.14. The number of hydrogen-bond acceptors (Lipinski definition) is 5. The van der Waals surface area contributed by atoms with E-state index in [2.05, 4.69) is 5.32 Å². The summed E-state index contributed by atoms with van der Waals surface area (Å²) in [7, 11) is 0. The van der Waals surface area contributed by atoms with Crippen molar-refractivity contribution in [1.29, 1.82) is 0 Å². The van der Waals surface area contributed by atoms with Gasteiger partial charge < -0.3 is 14.8 Å². The third-order valence-electron chi connectivity index (χ3n) is 3.99. The van der Waals surface area contributed by atoms with E-state index in [-0.39, 0.29) is 11.3 Å². The van der Waals surface area contributed by atoms with Gasteiger partial charge in [0.05, 0.1) is 5.69 Å². The largest absolute Gasteiger partial charge is 0.456 e. The Labute approximate surface area is 168 Å². The molecule has 3 aromatic rings. The molecule has 0 bridgehead atoms. The van der Waals surface area contributed by atoms with Crippen LogP contribution < -0.4 is 10.1 Å². The summed E-state index contributed by atoms with van der Waals surface area (Å²) in [5, 5.41) is 2.58. The van der Waals surface area contributed by atoms with Gasteiger partial charge in [-0.15, -0.1) is 0 Å². The summed E-state index contributed by atoms with van der Waals surface area (Å²) in [6, 6.07) is 22.3. The molecule has 0 saturated carbocycles. The van der Waals surface area contributed by atoms with Crippen LogP contribution in [0.1, 0.15) is 27.6 Å². The number of carbonyl (C=O) groups is 3. The van der Waals surface area contributed by atoms with Gasteiger partial charge in [0.2, 0.25) is 0 Å². The summed E-state index contributed by atoms with van der Waals surface area (Å²) >= 11 is 0. The molecule has 3 aromatic carbocycles. The molecule has 0 saturated heterocycles. The van der Waals surface area contributed by atoms with Gasteiger partial charge >= 0.3 is 5.97 Å². The van der Waals surface area contributed by atoms with Crippen molar-refractivity contribution in [2.75, 3.05) is 11.9 Å². The van der Waals surface area contributed by atoms with Crippen LogP contribution >= 0.6 is 0 Å². The highest BCUT2D eigenvalue weighted by Crippen LogP contribution is 2.25. The highest BCUT2D eigenvalue weighted by molar-refractivity contribution is 6.04. The van der Waals surface area contributed by atoms with Crippen molar-refractivity contribution in [3.05, 3.63) is 90.0 Å². The van der Waals surface area contributed by atoms with Crippen LogP contribution in [0.25, 0.3) is 0 Å². The topological polar surface area (TPSA) is 81.7 Å². The fourth-order valence-electron chi connectivity index (χ4n) is 2.63. The Morgan fingerprint density at radius 2 is 1.41 bits per heavy atom. The number of ether oxygens (including phenoxy) is 2. The third kappa shape index (κ3) is 5.29. The van der Waals surface area contributed by atoms with Gasteiger partial charge in [0.1, 0.15) is 17.1 Å². The molecule has 3 rings (SSSR count). The van der Waals surface area contributed by atoms with Crippen LogP contribution in [0.3, 0.4) is 0 Å². The maximum absolute atomic E-state index is 12.5. The van der Waals surface area contributed by atoms with Gasteiger partial charge in [0.25, 0.3) is 5.91 Å². The second kappa shape index (κ2) is 9.32. The first kappa shape index (κ1) is 19.8. The Bertz CT molecular complexity index is 1030. The zero-order valence-corrected chi connectivity index (χ0v) is 15.8. The van der Waals surface area contributed by atoms with Crippen LogP contribution in [0.4, 0.5) is 5.69 Å². The number of Topliss-reactive ketones (excluding diaryl/α,β-unsaturated/α-hetero) is 1. The Morgan fingerprint density at radius 1 is 0.793 bits per heavy atom. The molecule has 0 fully saturated rings. The minimum absolute atomic E-state index is 0.176. The van der Waals surface area contributed by atoms with Crippen LogP contribution in [-0.2, 0) is 9.53 Å². The average molecular weight is 389 g/mol. The molecule has 1 N–H and O–H groups in total. The summed E-state index contributed by atoms with van der Waals surface area (Å²) in [5.41, 5.74) is 0.955. The van der Waals surface area contributed by atoms with E-state index in [0.717, 1.165) is 0 Å². The number of hydrogen-bond donors (Lipinski definition) is 1. The predicted molar refractivity (Wildman–Crippen MR) is 108 cm³/mol.